The number of fused-ring (bicyclic) bond motifs is 1. The maximum atomic E-state index is 12.6. The Morgan fingerprint density at radius 1 is 1.32 bits per heavy atom. The number of ether oxygens (including phenoxy) is 1. The lowest BCUT2D eigenvalue weighted by molar-refractivity contribution is -0.140. The molecule has 0 saturated carbocycles. The maximum Gasteiger partial charge on any atom is 0.419 e. The molecule has 2 rings (SSSR count). The fourth-order valence-electron chi connectivity index (χ4n) is 2.74. The molecular formula is C18H22N2O5. The summed E-state index contributed by atoms with van der Waals surface area (Å²) in [5, 5.41) is 12.3. The molecule has 1 heterocycles. The molecule has 25 heavy (non-hydrogen) atoms. The van der Waals surface area contributed by atoms with E-state index in [1.54, 1.807) is 39.8 Å². The number of hydrogen-bond acceptors (Lipinski definition) is 4. The molecule has 1 aromatic carbocycles. The van der Waals surface area contributed by atoms with Crippen LogP contribution in [0.5, 0.6) is 0 Å². The molecule has 0 fully saturated rings. The average Bonchev–Trinajstić information content (AvgIpc) is 2.77. The lowest BCUT2D eigenvalue weighted by Gasteiger charge is -2.20. The first kappa shape index (κ1) is 18.5. The monoisotopic (exact) mass is 346 g/mol. The number of carboxylic acids is 1. The third kappa shape index (κ3) is 3.99. The molecule has 1 atom stereocenters. The summed E-state index contributed by atoms with van der Waals surface area (Å²) in [5.41, 5.74) is 1.26. The van der Waals surface area contributed by atoms with Gasteiger partial charge in [-0.2, -0.15) is 0 Å². The first-order chi connectivity index (χ1) is 11.7. The van der Waals surface area contributed by atoms with Gasteiger partial charge in [0.25, 0.3) is 0 Å². The van der Waals surface area contributed by atoms with Gasteiger partial charge in [0.05, 0.1) is 5.52 Å². The van der Waals surface area contributed by atoms with Crippen molar-refractivity contribution < 1.29 is 24.2 Å². The van der Waals surface area contributed by atoms with Crippen molar-refractivity contribution in [3.63, 3.8) is 0 Å². The molecule has 0 radical (unpaired) electrons. The fourth-order valence-corrected chi connectivity index (χ4v) is 2.74. The fraction of sp³-hybridized carbons (Fsp3) is 0.389. The van der Waals surface area contributed by atoms with Gasteiger partial charge < -0.3 is 15.2 Å². The van der Waals surface area contributed by atoms with Crippen LogP contribution in [0.4, 0.5) is 4.79 Å². The second-order valence-corrected chi connectivity index (χ2v) is 6.78. The molecule has 2 N–H and O–H groups in total. The molecule has 1 aromatic heterocycles. The molecule has 0 aliphatic heterocycles. The Morgan fingerprint density at radius 3 is 2.52 bits per heavy atom. The first-order valence-corrected chi connectivity index (χ1v) is 7.90. The second-order valence-electron chi connectivity index (χ2n) is 6.78. The maximum absolute atomic E-state index is 12.6. The number of carbonyl (C=O) groups excluding carboxylic acids is 2. The van der Waals surface area contributed by atoms with E-state index in [0.29, 0.717) is 23.2 Å². The predicted molar refractivity (Wildman–Crippen MR) is 92.6 cm³/mol. The second kappa shape index (κ2) is 6.96. The third-order valence-corrected chi connectivity index (χ3v) is 3.79. The van der Waals surface area contributed by atoms with E-state index in [2.05, 4.69) is 5.32 Å². The van der Waals surface area contributed by atoms with Crippen LogP contribution in [0.15, 0.2) is 24.3 Å². The van der Waals surface area contributed by atoms with E-state index < -0.39 is 23.7 Å². The number of benzene rings is 1. The Hall–Kier alpha value is -2.83. The number of nitrogens with one attached hydrogen (secondary N) is 1. The number of amides is 1. The Bertz CT molecular complexity index is 817. The van der Waals surface area contributed by atoms with Gasteiger partial charge in [-0.25, -0.2) is 14.2 Å². The van der Waals surface area contributed by atoms with Crippen molar-refractivity contribution in [2.45, 2.75) is 45.8 Å². The number of para-hydroxylation sites is 1. The summed E-state index contributed by atoms with van der Waals surface area (Å²) in [5.74, 6) is -1.14. The van der Waals surface area contributed by atoms with Gasteiger partial charge in [0.2, 0.25) is 6.41 Å². The number of aromatic nitrogens is 1. The molecule has 1 amide bonds. The predicted octanol–water partition coefficient (Wildman–Crippen LogP) is 2.47. The molecule has 0 aliphatic rings. The van der Waals surface area contributed by atoms with E-state index in [-0.39, 0.29) is 6.42 Å². The Morgan fingerprint density at radius 2 is 1.96 bits per heavy atom. The molecule has 7 heteroatoms. The lowest BCUT2D eigenvalue weighted by atomic mass is 10.0. The Kier molecular flexibility index (Phi) is 5.15. The zero-order valence-corrected chi connectivity index (χ0v) is 14.7. The molecule has 0 bridgehead atoms. The van der Waals surface area contributed by atoms with Crippen molar-refractivity contribution in [3.8, 4) is 0 Å². The van der Waals surface area contributed by atoms with Gasteiger partial charge in [-0.05, 0) is 39.3 Å². The number of rotatable bonds is 5. The van der Waals surface area contributed by atoms with Crippen molar-refractivity contribution >= 4 is 29.4 Å². The van der Waals surface area contributed by atoms with Crippen LogP contribution < -0.4 is 5.32 Å². The average molecular weight is 346 g/mol. The van der Waals surface area contributed by atoms with Crippen LogP contribution in [0.2, 0.25) is 0 Å². The highest BCUT2D eigenvalue weighted by molar-refractivity contribution is 5.94. The van der Waals surface area contributed by atoms with Gasteiger partial charge in [0, 0.05) is 17.5 Å². The molecule has 1 unspecified atom stereocenters. The zero-order chi connectivity index (χ0) is 18.8. The van der Waals surface area contributed by atoms with E-state index in [1.165, 1.54) is 4.57 Å². The minimum atomic E-state index is -1.14. The van der Waals surface area contributed by atoms with Gasteiger partial charge in [0.1, 0.15) is 11.6 Å². The number of carbonyl (C=O) groups is 3. The van der Waals surface area contributed by atoms with Crippen LogP contribution in [0.25, 0.3) is 10.9 Å². The summed E-state index contributed by atoms with van der Waals surface area (Å²) in [6.45, 7) is 7.07. The Balaban J connectivity index is 2.55. The van der Waals surface area contributed by atoms with Crippen LogP contribution >= 0.6 is 0 Å². The van der Waals surface area contributed by atoms with Gasteiger partial charge in [-0.15, -0.1) is 0 Å². The topological polar surface area (TPSA) is 97.6 Å². The smallest absolute Gasteiger partial charge is 0.419 e. The zero-order valence-electron chi connectivity index (χ0n) is 14.7. The quantitative estimate of drug-likeness (QED) is 0.811. The summed E-state index contributed by atoms with van der Waals surface area (Å²) >= 11 is 0. The van der Waals surface area contributed by atoms with Crippen molar-refractivity contribution in [2.24, 2.45) is 0 Å². The SMILES string of the molecule is Cc1c(CC(NC=O)C(=O)O)c2ccccc2n1C(=O)OC(C)(C)C. The number of aliphatic carboxylic acids is 1. The van der Waals surface area contributed by atoms with Crippen LogP contribution in [0.1, 0.15) is 32.0 Å². The molecule has 0 aliphatic carbocycles. The summed E-state index contributed by atoms with van der Waals surface area (Å²) in [4.78, 5) is 34.6. The van der Waals surface area contributed by atoms with Gasteiger partial charge in [-0.3, -0.25) is 4.79 Å². The summed E-state index contributed by atoms with van der Waals surface area (Å²) in [7, 11) is 0. The van der Waals surface area contributed by atoms with E-state index in [1.807, 2.05) is 12.1 Å². The molecule has 0 saturated heterocycles. The molecule has 0 spiro atoms. The summed E-state index contributed by atoms with van der Waals surface area (Å²) in [6.07, 6.45) is -0.0973. The lowest BCUT2D eigenvalue weighted by Crippen LogP contribution is -2.37. The highest BCUT2D eigenvalue weighted by atomic mass is 16.6. The van der Waals surface area contributed by atoms with Crippen LogP contribution in [-0.4, -0.2) is 39.8 Å². The van der Waals surface area contributed by atoms with Crippen molar-refractivity contribution in [3.05, 3.63) is 35.5 Å². The standard InChI is InChI=1S/C18H22N2O5/c1-11-13(9-14(16(22)23)19-10-21)12-7-5-6-8-15(12)20(11)17(24)25-18(2,3)4/h5-8,10,14H,9H2,1-4H3,(H,19,21)(H,22,23). The van der Waals surface area contributed by atoms with Crippen LogP contribution in [0, 0.1) is 6.92 Å². The molecular weight excluding hydrogens is 324 g/mol. The molecule has 134 valence electrons. The molecule has 7 nitrogen and oxygen atoms in total. The molecule has 2 aromatic rings. The number of hydrogen-bond donors (Lipinski definition) is 2. The largest absolute Gasteiger partial charge is 0.480 e. The van der Waals surface area contributed by atoms with E-state index in [4.69, 9.17) is 4.74 Å². The van der Waals surface area contributed by atoms with E-state index in [0.717, 1.165) is 5.39 Å². The minimum absolute atomic E-state index is 0.0657. The normalized spacial score (nSPS) is 12.6. The first-order valence-electron chi connectivity index (χ1n) is 7.90. The van der Waals surface area contributed by atoms with Crippen LogP contribution in [0.3, 0.4) is 0 Å². The summed E-state index contributed by atoms with van der Waals surface area (Å²) in [6, 6.07) is 6.13. The highest BCUT2D eigenvalue weighted by Crippen LogP contribution is 2.28. The number of carboxylic acid groups (broad SMARTS) is 1. The van der Waals surface area contributed by atoms with E-state index >= 15 is 0 Å². The van der Waals surface area contributed by atoms with Crippen molar-refractivity contribution in [1.29, 1.82) is 0 Å². The van der Waals surface area contributed by atoms with E-state index in [9.17, 15) is 19.5 Å². The van der Waals surface area contributed by atoms with Gasteiger partial charge in [-0.1, -0.05) is 18.2 Å². The van der Waals surface area contributed by atoms with Gasteiger partial charge >= 0.3 is 12.1 Å². The van der Waals surface area contributed by atoms with Crippen molar-refractivity contribution in [2.75, 3.05) is 0 Å². The number of nitrogens with zero attached hydrogens (tertiary/aromatic N) is 1. The Labute approximate surface area is 145 Å². The summed E-state index contributed by atoms with van der Waals surface area (Å²) < 4.78 is 6.90. The van der Waals surface area contributed by atoms with Crippen molar-refractivity contribution in [1.82, 2.24) is 9.88 Å². The van der Waals surface area contributed by atoms with Crippen LogP contribution in [-0.2, 0) is 20.7 Å². The van der Waals surface area contributed by atoms with Gasteiger partial charge in [0.15, 0.2) is 0 Å². The minimum Gasteiger partial charge on any atom is -0.480 e. The third-order valence-electron chi connectivity index (χ3n) is 3.79. The highest BCUT2D eigenvalue weighted by Gasteiger charge is 2.26.